The quantitative estimate of drug-likeness (QED) is 0.839. The molecule has 1 saturated heterocycles. The second kappa shape index (κ2) is 4.74. The van der Waals surface area contributed by atoms with Crippen LogP contribution in [0.4, 0.5) is 18.9 Å². The maximum atomic E-state index is 12.9. The third kappa shape index (κ3) is 2.84. The van der Waals surface area contributed by atoms with Gasteiger partial charge in [0, 0.05) is 30.3 Å². The Labute approximate surface area is 102 Å². The van der Waals surface area contributed by atoms with Gasteiger partial charge in [0.05, 0.1) is 0 Å². The Morgan fingerprint density at radius 3 is 2.76 bits per heavy atom. The number of hydrogen-bond donors (Lipinski definition) is 1. The first-order chi connectivity index (χ1) is 7.98. The molecule has 17 heavy (non-hydrogen) atoms. The van der Waals surface area contributed by atoms with E-state index in [2.05, 4.69) is 5.32 Å². The molecule has 1 heterocycles. The van der Waals surface area contributed by atoms with Crippen molar-refractivity contribution in [2.24, 2.45) is 0 Å². The summed E-state index contributed by atoms with van der Waals surface area (Å²) in [6, 6.07) is 5.03. The van der Waals surface area contributed by atoms with E-state index in [1.54, 1.807) is 24.3 Å². The summed E-state index contributed by atoms with van der Waals surface area (Å²) in [4.78, 5) is 1.35. The third-order valence-corrected chi connectivity index (χ3v) is 3.00. The number of alkyl halides is 3. The first-order valence-electron chi connectivity index (χ1n) is 5.28. The molecule has 1 unspecified atom stereocenters. The van der Waals surface area contributed by atoms with Gasteiger partial charge >= 0.3 is 6.18 Å². The minimum atomic E-state index is -4.24. The van der Waals surface area contributed by atoms with Gasteiger partial charge in [0.15, 0.2) is 0 Å². The van der Waals surface area contributed by atoms with Crippen LogP contribution in [0.25, 0.3) is 0 Å². The van der Waals surface area contributed by atoms with Crippen LogP contribution < -0.4 is 10.2 Å². The van der Waals surface area contributed by atoms with Crippen molar-refractivity contribution >= 4 is 17.3 Å². The number of rotatable bonds is 1. The molecule has 0 radical (unpaired) electrons. The van der Waals surface area contributed by atoms with Crippen molar-refractivity contribution in [3.8, 4) is 0 Å². The van der Waals surface area contributed by atoms with Gasteiger partial charge in [0.2, 0.25) is 0 Å². The Hall–Kier alpha value is -0.940. The van der Waals surface area contributed by atoms with E-state index in [-0.39, 0.29) is 6.54 Å². The lowest BCUT2D eigenvalue weighted by Gasteiger charge is -2.38. The molecule has 1 aromatic rings. The van der Waals surface area contributed by atoms with Crippen LogP contribution in [0.2, 0.25) is 5.02 Å². The van der Waals surface area contributed by atoms with Crippen LogP contribution in [0.1, 0.15) is 0 Å². The molecule has 6 heteroatoms. The Bertz CT molecular complexity index is 395. The summed E-state index contributed by atoms with van der Waals surface area (Å²) in [6.07, 6.45) is -4.24. The second-order valence-corrected chi connectivity index (χ2v) is 4.37. The van der Waals surface area contributed by atoms with Crippen molar-refractivity contribution in [2.75, 3.05) is 24.5 Å². The van der Waals surface area contributed by atoms with Gasteiger partial charge in [-0.2, -0.15) is 13.2 Å². The van der Waals surface area contributed by atoms with Gasteiger partial charge in [0.1, 0.15) is 6.04 Å². The maximum Gasteiger partial charge on any atom is 0.409 e. The first-order valence-corrected chi connectivity index (χ1v) is 5.66. The molecule has 1 atom stereocenters. The van der Waals surface area contributed by atoms with Gasteiger partial charge in [0.25, 0.3) is 0 Å². The summed E-state index contributed by atoms with van der Waals surface area (Å²) >= 11 is 5.80. The van der Waals surface area contributed by atoms with E-state index < -0.39 is 12.2 Å². The normalized spacial score (nSPS) is 21.6. The molecule has 1 N–H and O–H groups in total. The number of anilines is 1. The second-order valence-electron chi connectivity index (χ2n) is 3.93. The Morgan fingerprint density at radius 1 is 1.35 bits per heavy atom. The number of benzene rings is 1. The SMILES string of the molecule is FC(F)(F)C1CNCCN1c1cccc(Cl)c1. The average molecular weight is 265 g/mol. The Morgan fingerprint density at radius 2 is 2.12 bits per heavy atom. The predicted octanol–water partition coefficient (Wildman–Crippen LogP) is 2.68. The summed E-state index contributed by atoms with van der Waals surface area (Å²) in [7, 11) is 0. The van der Waals surface area contributed by atoms with Crippen LogP contribution in [0.5, 0.6) is 0 Å². The molecule has 0 spiro atoms. The largest absolute Gasteiger partial charge is 0.409 e. The average Bonchev–Trinajstić information content (AvgIpc) is 2.28. The highest BCUT2D eigenvalue weighted by atomic mass is 35.5. The minimum absolute atomic E-state index is 0.0873. The van der Waals surface area contributed by atoms with Gasteiger partial charge in [-0.25, -0.2) is 0 Å². The van der Waals surface area contributed by atoms with Gasteiger partial charge in [-0.3, -0.25) is 0 Å². The molecule has 1 fully saturated rings. The lowest BCUT2D eigenvalue weighted by atomic mass is 10.1. The zero-order valence-corrected chi connectivity index (χ0v) is 9.72. The molecule has 2 nitrogen and oxygen atoms in total. The highest BCUT2D eigenvalue weighted by Gasteiger charge is 2.44. The van der Waals surface area contributed by atoms with Crippen LogP contribution in [0, 0.1) is 0 Å². The van der Waals surface area contributed by atoms with Crippen molar-refractivity contribution in [3.63, 3.8) is 0 Å². The zero-order valence-electron chi connectivity index (χ0n) is 8.97. The molecule has 0 bridgehead atoms. The Kier molecular flexibility index (Phi) is 3.49. The van der Waals surface area contributed by atoms with Gasteiger partial charge in [-0.15, -0.1) is 0 Å². The van der Waals surface area contributed by atoms with Crippen molar-refractivity contribution in [1.29, 1.82) is 0 Å². The monoisotopic (exact) mass is 264 g/mol. The molecule has 2 rings (SSSR count). The Balaban J connectivity index is 2.28. The smallest absolute Gasteiger partial charge is 0.357 e. The molecule has 94 valence electrons. The number of nitrogens with one attached hydrogen (secondary N) is 1. The summed E-state index contributed by atoms with van der Waals surface area (Å²) in [5.41, 5.74) is 0.515. The fourth-order valence-corrected chi connectivity index (χ4v) is 2.15. The summed E-state index contributed by atoms with van der Waals surface area (Å²) < 4.78 is 38.6. The molecule has 1 aliphatic heterocycles. The topological polar surface area (TPSA) is 15.3 Å². The predicted molar refractivity (Wildman–Crippen MR) is 61.5 cm³/mol. The number of halogens is 4. The molecular formula is C11H12ClF3N2. The molecule has 0 aliphatic carbocycles. The van der Waals surface area contributed by atoms with E-state index in [1.165, 1.54) is 4.90 Å². The lowest BCUT2D eigenvalue weighted by molar-refractivity contribution is -0.149. The van der Waals surface area contributed by atoms with Crippen LogP contribution >= 0.6 is 11.6 Å². The van der Waals surface area contributed by atoms with Crippen LogP contribution in [0.3, 0.4) is 0 Å². The highest BCUT2D eigenvalue weighted by Crippen LogP contribution is 2.30. The minimum Gasteiger partial charge on any atom is -0.357 e. The first kappa shape index (κ1) is 12.5. The van der Waals surface area contributed by atoms with Gasteiger partial charge < -0.3 is 10.2 Å². The number of nitrogens with zero attached hydrogens (tertiary/aromatic N) is 1. The van der Waals surface area contributed by atoms with Gasteiger partial charge in [-0.05, 0) is 18.2 Å². The molecule has 0 aromatic heterocycles. The van der Waals surface area contributed by atoms with E-state index >= 15 is 0 Å². The standard InChI is InChI=1S/C11H12ClF3N2/c12-8-2-1-3-9(6-8)17-5-4-16-7-10(17)11(13,14)15/h1-3,6,10,16H,4-5,7H2. The highest BCUT2D eigenvalue weighted by molar-refractivity contribution is 6.30. The third-order valence-electron chi connectivity index (χ3n) is 2.76. The molecule has 0 amide bonds. The van der Waals surface area contributed by atoms with E-state index in [0.29, 0.717) is 23.8 Å². The van der Waals surface area contributed by atoms with Crippen molar-refractivity contribution in [2.45, 2.75) is 12.2 Å². The molecule has 1 aliphatic rings. The van der Waals surface area contributed by atoms with E-state index in [0.717, 1.165) is 0 Å². The fourth-order valence-electron chi connectivity index (χ4n) is 1.96. The summed E-state index contributed by atoms with van der Waals surface area (Å²) in [5, 5.41) is 3.21. The van der Waals surface area contributed by atoms with E-state index in [1.807, 2.05) is 0 Å². The van der Waals surface area contributed by atoms with Crippen LogP contribution in [-0.2, 0) is 0 Å². The van der Waals surface area contributed by atoms with Crippen molar-refractivity contribution in [1.82, 2.24) is 5.32 Å². The summed E-state index contributed by atoms with van der Waals surface area (Å²) in [6.45, 7) is 0.777. The van der Waals surface area contributed by atoms with Crippen LogP contribution in [0.15, 0.2) is 24.3 Å². The van der Waals surface area contributed by atoms with Gasteiger partial charge in [-0.1, -0.05) is 17.7 Å². The van der Waals surface area contributed by atoms with Crippen LogP contribution in [-0.4, -0.2) is 31.9 Å². The fraction of sp³-hybridized carbons (Fsp3) is 0.455. The van der Waals surface area contributed by atoms with E-state index in [9.17, 15) is 13.2 Å². The lowest BCUT2D eigenvalue weighted by Crippen LogP contribution is -2.58. The van der Waals surface area contributed by atoms with Crippen molar-refractivity contribution in [3.05, 3.63) is 29.3 Å². The summed E-state index contributed by atoms with van der Waals surface area (Å²) in [5.74, 6) is 0. The molecule has 1 aromatic carbocycles. The van der Waals surface area contributed by atoms with E-state index in [4.69, 9.17) is 11.6 Å². The number of piperazine rings is 1. The molecular weight excluding hydrogens is 253 g/mol. The zero-order chi connectivity index (χ0) is 12.5. The maximum absolute atomic E-state index is 12.9. The van der Waals surface area contributed by atoms with Crippen molar-refractivity contribution < 1.29 is 13.2 Å². The number of hydrogen-bond acceptors (Lipinski definition) is 2. The molecule has 0 saturated carbocycles.